The zero-order valence-electron chi connectivity index (χ0n) is 18.0. The molecule has 2 aromatic rings. The lowest BCUT2D eigenvalue weighted by Gasteiger charge is -2.36. The first-order valence-electron chi connectivity index (χ1n) is 10.3. The topological polar surface area (TPSA) is 102 Å². The zero-order chi connectivity index (χ0) is 22.4. The Morgan fingerprint density at radius 1 is 1.13 bits per heavy atom. The second kappa shape index (κ2) is 10.2. The number of piperazine rings is 1. The van der Waals surface area contributed by atoms with Crippen LogP contribution in [0.5, 0.6) is 0 Å². The third kappa shape index (κ3) is 5.88. The Morgan fingerprint density at radius 3 is 2.52 bits per heavy atom. The number of urea groups is 1. The lowest BCUT2D eigenvalue weighted by atomic mass is 10.2. The number of carbonyl (C=O) groups is 2. The number of amides is 3. The molecule has 0 unspecified atom stereocenters. The molecule has 3 amide bonds. The van der Waals surface area contributed by atoms with Crippen molar-refractivity contribution in [1.82, 2.24) is 25.5 Å². The number of carbonyl (C=O) groups excluding carboxylic acids is 2. The van der Waals surface area contributed by atoms with E-state index >= 15 is 0 Å². The van der Waals surface area contributed by atoms with Gasteiger partial charge in [0.1, 0.15) is 11.5 Å². The SMILES string of the molecule is CCNC(=O)Nc1cc(CN2CCN(c3ccc(C(=O)NC)nc3F)CC2)cc(C)n1. The van der Waals surface area contributed by atoms with Crippen molar-refractivity contribution in [3.05, 3.63) is 47.2 Å². The fraction of sp³-hybridized carbons (Fsp3) is 0.429. The van der Waals surface area contributed by atoms with Gasteiger partial charge in [0.05, 0.1) is 5.69 Å². The van der Waals surface area contributed by atoms with Crippen molar-refractivity contribution in [3.8, 4) is 0 Å². The van der Waals surface area contributed by atoms with Gasteiger partial charge >= 0.3 is 6.03 Å². The van der Waals surface area contributed by atoms with E-state index in [1.54, 1.807) is 6.07 Å². The summed E-state index contributed by atoms with van der Waals surface area (Å²) in [5.41, 5.74) is 2.34. The Balaban J connectivity index is 1.60. The first kappa shape index (κ1) is 22.4. The van der Waals surface area contributed by atoms with Crippen LogP contribution in [-0.4, -0.2) is 66.6 Å². The minimum atomic E-state index is -0.639. The molecule has 9 nitrogen and oxygen atoms in total. The molecule has 2 aromatic heterocycles. The third-order valence-corrected chi connectivity index (χ3v) is 5.00. The lowest BCUT2D eigenvalue weighted by molar-refractivity contribution is 0.0957. The van der Waals surface area contributed by atoms with Crippen LogP contribution >= 0.6 is 0 Å². The second-order valence-electron chi connectivity index (χ2n) is 7.34. The van der Waals surface area contributed by atoms with Crippen molar-refractivity contribution < 1.29 is 14.0 Å². The number of aryl methyl sites for hydroxylation is 1. The number of hydrogen-bond acceptors (Lipinski definition) is 6. The number of nitrogens with zero attached hydrogens (tertiary/aromatic N) is 4. The van der Waals surface area contributed by atoms with Crippen LogP contribution in [0.4, 0.5) is 20.7 Å². The molecule has 0 radical (unpaired) electrons. The van der Waals surface area contributed by atoms with Gasteiger partial charge in [-0.3, -0.25) is 15.0 Å². The van der Waals surface area contributed by atoms with Gasteiger partial charge in [0.2, 0.25) is 5.95 Å². The molecule has 1 aliphatic heterocycles. The Bertz CT molecular complexity index is 945. The maximum absolute atomic E-state index is 14.4. The highest BCUT2D eigenvalue weighted by Crippen LogP contribution is 2.21. The van der Waals surface area contributed by atoms with Crippen LogP contribution in [0.15, 0.2) is 24.3 Å². The molecule has 166 valence electrons. The quantitative estimate of drug-likeness (QED) is 0.605. The highest BCUT2D eigenvalue weighted by atomic mass is 19.1. The van der Waals surface area contributed by atoms with Gasteiger partial charge < -0.3 is 15.5 Å². The van der Waals surface area contributed by atoms with Crippen molar-refractivity contribution >= 4 is 23.4 Å². The fourth-order valence-electron chi connectivity index (χ4n) is 3.54. The van der Waals surface area contributed by atoms with Gasteiger partial charge in [0.25, 0.3) is 5.91 Å². The molecule has 0 bridgehead atoms. The van der Waals surface area contributed by atoms with Crippen LogP contribution in [0.3, 0.4) is 0 Å². The van der Waals surface area contributed by atoms with E-state index in [2.05, 4.69) is 30.8 Å². The summed E-state index contributed by atoms with van der Waals surface area (Å²) in [6.07, 6.45) is 0. The van der Waals surface area contributed by atoms with E-state index < -0.39 is 11.9 Å². The minimum absolute atomic E-state index is 0.0625. The van der Waals surface area contributed by atoms with Gasteiger partial charge in [0.15, 0.2) is 0 Å². The molecular formula is C21H28FN7O2. The predicted molar refractivity (Wildman–Crippen MR) is 117 cm³/mol. The summed E-state index contributed by atoms with van der Waals surface area (Å²) in [5, 5.41) is 7.88. The fourth-order valence-corrected chi connectivity index (χ4v) is 3.54. The number of pyridine rings is 2. The molecule has 1 fully saturated rings. The van der Waals surface area contributed by atoms with Gasteiger partial charge in [-0.25, -0.2) is 14.8 Å². The normalized spacial score (nSPS) is 14.3. The molecule has 0 atom stereocenters. The van der Waals surface area contributed by atoms with Gasteiger partial charge in [-0.15, -0.1) is 0 Å². The first-order chi connectivity index (χ1) is 14.9. The van der Waals surface area contributed by atoms with Crippen molar-refractivity contribution in [2.45, 2.75) is 20.4 Å². The van der Waals surface area contributed by atoms with E-state index in [4.69, 9.17) is 0 Å². The molecule has 0 aromatic carbocycles. The van der Waals surface area contributed by atoms with E-state index in [1.807, 2.05) is 30.9 Å². The second-order valence-corrected chi connectivity index (χ2v) is 7.34. The number of anilines is 2. The van der Waals surface area contributed by atoms with E-state index in [0.717, 1.165) is 24.3 Å². The summed E-state index contributed by atoms with van der Waals surface area (Å²) >= 11 is 0. The summed E-state index contributed by atoms with van der Waals surface area (Å²) in [4.78, 5) is 35.7. The highest BCUT2D eigenvalue weighted by molar-refractivity contribution is 5.92. The van der Waals surface area contributed by atoms with Crippen LogP contribution in [0.1, 0.15) is 28.7 Å². The molecule has 3 N–H and O–H groups in total. The van der Waals surface area contributed by atoms with Gasteiger partial charge in [0, 0.05) is 52.0 Å². The molecule has 0 saturated carbocycles. The highest BCUT2D eigenvalue weighted by Gasteiger charge is 2.21. The lowest BCUT2D eigenvalue weighted by Crippen LogP contribution is -2.46. The number of rotatable bonds is 6. The monoisotopic (exact) mass is 429 g/mol. The number of nitrogens with one attached hydrogen (secondary N) is 3. The number of aromatic nitrogens is 2. The first-order valence-corrected chi connectivity index (χ1v) is 10.3. The Hall–Kier alpha value is -3.27. The predicted octanol–water partition coefficient (Wildman–Crippen LogP) is 1.75. The molecule has 31 heavy (non-hydrogen) atoms. The van der Waals surface area contributed by atoms with Gasteiger partial charge in [-0.1, -0.05) is 0 Å². The Labute approximate surface area is 181 Å². The summed E-state index contributed by atoms with van der Waals surface area (Å²) < 4.78 is 14.4. The average molecular weight is 430 g/mol. The molecule has 0 aliphatic carbocycles. The maximum Gasteiger partial charge on any atom is 0.320 e. The van der Waals surface area contributed by atoms with Crippen molar-refractivity contribution in [1.29, 1.82) is 0 Å². The van der Waals surface area contributed by atoms with Crippen LogP contribution in [-0.2, 0) is 6.54 Å². The summed E-state index contributed by atoms with van der Waals surface area (Å²) in [5.74, 6) is -0.534. The van der Waals surface area contributed by atoms with Crippen LogP contribution in [0, 0.1) is 12.9 Å². The van der Waals surface area contributed by atoms with Gasteiger partial charge in [-0.05, 0) is 43.7 Å². The number of halogens is 1. The third-order valence-electron chi connectivity index (χ3n) is 5.00. The zero-order valence-corrected chi connectivity index (χ0v) is 18.0. The Morgan fingerprint density at radius 2 is 1.87 bits per heavy atom. The molecular weight excluding hydrogens is 401 g/mol. The van der Waals surface area contributed by atoms with E-state index in [1.165, 1.54) is 13.1 Å². The smallest absolute Gasteiger partial charge is 0.320 e. The molecule has 3 heterocycles. The van der Waals surface area contributed by atoms with Crippen molar-refractivity contribution in [2.24, 2.45) is 0 Å². The van der Waals surface area contributed by atoms with Crippen LogP contribution < -0.4 is 20.9 Å². The summed E-state index contributed by atoms with van der Waals surface area (Å²) in [6, 6.07) is 6.73. The summed E-state index contributed by atoms with van der Waals surface area (Å²) in [7, 11) is 1.48. The van der Waals surface area contributed by atoms with E-state index in [0.29, 0.717) is 37.7 Å². The average Bonchev–Trinajstić information content (AvgIpc) is 2.73. The van der Waals surface area contributed by atoms with Crippen LogP contribution in [0.25, 0.3) is 0 Å². The summed E-state index contributed by atoms with van der Waals surface area (Å²) in [6.45, 7) is 7.78. The maximum atomic E-state index is 14.4. The van der Waals surface area contributed by atoms with Crippen LogP contribution in [0.2, 0.25) is 0 Å². The van der Waals surface area contributed by atoms with E-state index in [9.17, 15) is 14.0 Å². The standard InChI is InChI=1S/C21H28FN7O2/c1-4-24-21(31)27-18-12-15(11-14(2)25-18)13-28-7-9-29(10-8-28)17-6-5-16(20(30)23-3)26-19(17)22/h5-6,11-12H,4,7-10,13H2,1-3H3,(H,23,30)(H2,24,25,27,31). The molecule has 1 aliphatic rings. The molecule has 1 saturated heterocycles. The Kier molecular flexibility index (Phi) is 7.35. The van der Waals surface area contributed by atoms with Crippen molar-refractivity contribution in [3.63, 3.8) is 0 Å². The van der Waals surface area contributed by atoms with E-state index in [-0.39, 0.29) is 11.7 Å². The molecule has 0 spiro atoms. The largest absolute Gasteiger partial charge is 0.365 e. The van der Waals surface area contributed by atoms with Gasteiger partial charge in [-0.2, -0.15) is 4.39 Å². The minimum Gasteiger partial charge on any atom is -0.365 e. The number of hydrogen-bond donors (Lipinski definition) is 3. The molecule has 10 heteroatoms. The van der Waals surface area contributed by atoms with Crippen molar-refractivity contribution in [2.75, 3.05) is 50.0 Å². The molecule has 3 rings (SSSR count).